The zero-order valence-electron chi connectivity index (χ0n) is 16.3. The topological polar surface area (TPSA) is 81.9 Å². The standard InChI is InChI=1S/C22H21N5O2/c1-3-29-19-13-10-16-6-4-5-7-18(16)21(19)22(28)23-14-20-24-25-26-27(20)17-11-8-15(2)9-12-17/h4-13H,3,14H2,1-2H3,(H,23,28). The average Bonchev–Trinajstić information content (AvgIpc) is 3.21. The van der Waals surface area contributed by atoms with Gasteiger partial charge in [-0.2, -0.15) is 4.68 Å². The van der Waals surface area contributed by atoms with Gasteiger partial charge in [0.1, 0.15) is 5.75 Å². The smallest absolute Gasteiger partial charge is 0.256 e. The highest BCUT2D eigenvalue weighted by molar-refractivity contribution is 6.09. The fourth-order valence-corrected chi connectivity index (χ4v) is 3.21. The molecule has 3 aromatic carbocycles. The Hall–Kier alpha value is -3.74. The molecule has 0 saturated carbocycles. The number of nitrogens with zero attached hydrogens (tertiary/aromatic N) is 4. The maximum atomic E-state index is 13.1. The highest BCUT2D eigenvalue weighted by Gasteiger charge is 2.18. The molecular weight excluding hydrogens is 366 g/mol. The molecule has 7 nitrogen and oxygen atoms in total. The summed E-state index contributed by atoms with van der Waals surface area (Å²) in [7, 11) is 0. The fraction of sp³-hybridized carbons (Fsp3) is 0.182. The number of ether oxygens (including phenoxy) is 1. The van der Waals surface area contributed by atoms with Gasteiger partial charge in [-0.1, -0.05) is 48.0 Å². The Kier molecular flexibility index (Phi) is 5.20. The molecule has 1 amide bonds. The first-order valence-corrected chi connectivity index (χ1v) is 9.44. The Morgan fingerprint density at radius 2 is 1.86 bits per heavy atom. The number of aromatic nitrogens is 4. The Labute approximate surface area is 168 Å². The van der Waals surface area contributed by atoms with Crippen molar-refractivity contribution in [3.63, 3.8) is 0 Å². The number of benzene rings is 3. The van der Waals surface area contributed by atoms with Gasteiger partial charge in [0.2, 0.25) is 0 Å². The lowest BCUT2D eigenvalue weighted by atomic mass is 10.0. The summed E-state index contributed by atoms with van der Waals surface area (Å²) in [6, 6.07) is 19.4. The number of amides is 1. The minimum Gasteiger partial charge on any atom is -0.493 e. The van der Waals surface area contributed by atoms with E-state index in [9.17, 15) is 4.79 Å². The number of carbonyl (C=O) groups excluding carboxylic acids is 1. The van der Waals surface area contributed by atoms with Crippen molar-refractivity contribution in [1.29, 1.82) is 0 Å². The van der Waals surface area contributed by atoms with E-state index in [1.54, 1.807) is 4.68 Å². The molecule has 4 aromatic rings. The van der Waals surface area contributed by atoms with E-state index in [0.717, 1.165) is 22.0 Å². The Morgan fingerprint density at radius 3 is 2.66 bits per heavy atom. The number of carbonyl (C=O) groups is 1. The summed E-state index contributed by atoms with van der Waals surface area (Å²) < 4.78 is 7.32. The van der Waals surface area contributed by atoms with E-state index in [1.165, 1.54) is 0 Å². The first-order chi connectivity index (χ1) is 14.2. The molecule has 0 fully saturated rings. The van der Waals surface area contributed by atoms with Crippen molar-refractivity contribution in [3.8, 4) is 11.4 Å². The maximum Gasteiger partial charge on any atom is 0.256 e. The van der Waals surface area contributed by atoms with Crippen LogP contribution >= 0.6 is 0 Å². The third-order valence-corrected chi connectivity index (χ3v) is 4.64. The van der Waals surface area contributed by atoms with Gasteiger partial charge in [0.25, 0.3) is 5.91 Å². The van der Waals surface area contributed by atoms with Crippen molar-refractivity contribution in [2.45, 2.75) is 20.4 Å². The molecule has 0 spiro atoms. The molecule has 4 rings (SSSR count). The number of nitrogens with one attached hydrogen (secondary N) is 1. The van der Waals surface area contributed by atoms with Gasteiger partial charge >= 0.3 is 0 Å². The number of hydrogen-bond donors (Lipinski definition) is 1. The van der Waals surface area contributed by atoms with Gasteiger partial charge in [-0.05, 0) is 53.2 Å². The molecular formula is C22H21N5O2. The molecule has 0 aliphatic carbocycles. The zero-order valence-corrected chi connectivity index (χ0v) is 16.3. The number of rotatable bonds is 6. The van der Waals surface area contributed by atoms with Crippen molar-refractivity contribution in [2.24, 2.45) is 0 Å². The molecule has 1 heterocycles. The molecule has 7 heteroatoms. The molecule has 146 valence electrons. The van der Waals surface area contributed by atoms with Crippen LogP contribution in [0.2, 0.25) is 0 Å². The van der Waals surface area contributed by atoms with Gasteiger partial charge in [-0.15, -0.1) is 5.10 Å². The average molecular weight is 387 g/mol. The van der Waals surface area contributed by atoms with Crippen molar-refractivity contribution >= 4 is 16.7 Å². The Balaban J connectivity index is 1.61. The van der Waals surface area contributed by atoms with Crippen molar-refractivity contribution in [3.05, 3.63) is 77.6 Å². The number of fused-ring (bicyclic) bond motifs is 1. The molecule has 0 saturated heterocycles. The molecule has 0 bridgehead atoms. The van der Waals surface area contributed by atoms with Crippen molar-refractivity contribution in [2.75, 3.05) is 6.61 Å². The SMILES string of the molecule is CCOc1ccc2ccccc2c1C(=O)NCc1nnnn1-c1ccc(C)cc1. The van der Waals surface area contributed by atoms with Crippen LogP contribution < -0.4 is 10.1 Å². The molecule has 0 atom stereocenters. The third kappa shape index (κ3) is 3.80. The van der Waals surface area contributed by atoms with Crippen LogP contribution in [-0.4, -0.2) is 32.7 Å². The van der Waals surface area contributed by atoms with Crippen LogP contribution in [0.3, 0.4) is 0 Å². The van der Waals surface area contributed by atoms with Gasteiger partial charge in [0, 0.05) is 0 Å². The van der Waals surface area contributed by atoms with E-state index >= 15 is 0 Å². The summed E-state index contributed by atoms with van der Waals surface area (Å²) >= 11 is 0. The van der Waals surface area contributed by atoms with Crippen LogP contribution in [0, 0.1) is 6.92 Å². The number of hydrogen-bond acceptors (Lipinski definition) is 5. The molecule has 0 unspecified atom stereocenters. The highest BCUT2D eigenvalue weighted by Crippen LogP contribution is 2.28. The molecule has 1 N–H and O–H groups in total. The van der Waals surface area contributed by atoms with E-state index in [-0.39, 0.29) is 12.5 Å². The largest absolute Gasteiger partial charge is 0.493 e. The molecule has 1 aromatic heterocycles. The minimum atomic E-state index is -0.233. The van der Waals surface area contributed by atoms with E-state index in [2.05, 4.69) is 20.8 Å². The summed E-state index contributed by atoms with van der Waals surface area (Å²) in [5, 5.41) is 16.6. The number of tetrazole rings is 1. The van der Waals surface area contributed by atoms with Crippen LogP contribution in [0.25, 0.3) is 16.5 Å². The summed E-state index contributed by atoms with van der Waals surface area (Å²) in [6.07, 6.45) is 0. The Morgan fingerprint density at radius 1 is 1.07 bits per heavy atom. The third-order valence-electron chi connectivity index (χ3n) is 4.64. The number of aryl methyl sites for hydroxylation is 1. The van der Waals surface area contributed by atoms with Crippen LogP contribution in [-0.2, 0) is 6.54 Å². The predicted molar refractivity (Wildman–Crippen MR) is 110 cm³/mol. The van der Waals surface area contributed by atoms with Gasteiger partial charge in [-0.3, -0.25) is 4.79 Å². The van der Waals surface area contributed by atoms with Gasteiger partial charge < -0.3 is 10.1 Å². The van der Waals surface area contributed by atoms with E-state index < -0.39 is 0 Å². The lowest BCUT2D eigenvalue weighted by Gasteiger charge is -2.13. The molecule has 0 radical (unpaired) electrons. The lowest BCUT2D eigenvalue weighted by molar-refractivity contribution is 0.0947. The second-order valence-corrected chi connectivity index (χ2v) is 6.62. The Bertz CT molecular complexity index is 1150. The summed E-state index contributed by atoms with van der Waals surface area (Å²) in [5.41, 5.74) is 2.50. The van der Waals surface area contributed by atoms with Crippen LogP contribution in [0.5, 0.6) is 5.75 Å². The molecule has 0 aliphatic heterocycles. The van der Waals surface area contributed by atoms with Crippen LogP contribution in [0.4, 0.5) is 0 Å². The first-order valence-electron chi connectivity index (χ1n) is 9.44. The maximum absolute atomic E-state index is 13.1. The monoisotopic (exact) mass is 387 g/mol. The predicted octanol–water partition coefficient (Wildman–Crippen LogP) is 3.45. The normalized spacial score (nSPS) is 10.8. The van der Waals surface area contributed by atoms with Crippen molar-refractivity contribution < 1.29 is 9.53 Å². The lowest BCUT2D eigenvalue weighted by Crippen LogP contribution is -2.25. The van der Waals surface area contributed by atoms with E-state index in [1.807, 2.05) is 74.5 Å². The molecule has 29 heavy (non-hydrogen) atoms. The van der Waals surface area contributed by atoms with Gasteiger partial charge in [0.15, 0.2) is 5.82 Å². The minimum absolute atomic E-state index is 0.189. The summed E-state index contributed by atoms with van der Waals surface area (Å²) in [6.45, 7) is 4.58. The van der Waals surface area contributed by atoms with Crippen molar-refractivity contribution in [1.82, 2.24) is 25.5 Å². The van der Waals surface area contributed by atoms with Gasteiger partial charge in [-0.25, -0.2) is 0 Å². The summed E-state index contributed by atoms with van der Waals surface area (Å²) in [4.78, 5) is 13.1. The summed E-state index contributed by atoms with van der Waals surface area (Å²) in [5.74, 6) is 0.867. The fourth-order valence-electron chi connectivity index (χ4n) is 3.21. The highest BCUT2D eigenvalue weighted by atomic mass is 16.5. The second-order valence-electron chi connectivity index (χ2n) is 6.62. The van der Waals surface area contributed by atoms with Crippen LogP contribution in [0.1, 0.15) is 28.7 Å². The second kappa shape index (κ2) is 8.10. The van der Waals surface area contributed by atoms with E-state index in [4.69, 9.17) is 4.74 Å². The van der Waals surface area contributed by atoms with Gasteiger partial charge in [0.05, 0.1) is 24.4 Å². The van der Waals surface area contributed by atoms with E-state index in [0.29, 0.717) is 23.7 Å². The zero-order chi connectivity index (χ0) is 20.2. The quantitative estimate of drug-likeness (QED) is 0.548. The van der Waals surface area contributed by atoms with Crippen LogP contribution in [0.15, 0.2) is 60.7 Å². The first kappa shape index (κ1) is 18.6. The molecule has 0 aliphatic rings.